The Hall–Kier alpha value is -2.04. The highest BCUT2D eigenvalue weighted by Crippen LogP contribution is 2.32. The molecule has 2 fully saturated rings. The van der Waals surface area contributed by atoms with Crippen molar-refractivity contribution in [2.75, 3.05) is 18.1 Å². The number of hydrogen-bond acceptors (Lipinski definition) is 3. The fourth-order valence-corrected chi connectivity index (χ4v) is 2.80. The summed E-state index contributed by atoms with van der Waals surface area (Å²) >= 11 is 0. The van der Waals surface area contributed by atoms with Crippen molar-refractivity contribution in [3.05, 3.63) is 24.3 Å². The van der Waals surface area contributed by atoms with E-state index in [1.807, 2.05) is 19.1 Å². The van der Waals surface area contributed by atoms with Gasteiger partial charge in [-0.3, -0.25) is 9.59 Å². The van der Waals surface area contributed by atoms with Crippen molar-refractivity contribution in [1.82, 2.24) is 5.32 Å². The molecule has 1 unspecified atom stereocenters. The first-order valence-corrected chi connectivity index (χ1v) is 7.96. The van der Waals surface area contributed by atoms with Crippen LogP contribution in [0.15, 0.2) is 24.3 Å². The molecule has 5 nitrogen and oxygen atoms in total. The van der Waals surface area contributed by atoms with Gasteiger partial charge in [0.2, 0.25) is 5.91 Å². The van der Waals surface area contributed by atoms with Gasteiger partial charge in [0.25, 0.3) is 5.91 Å². The third kappa shape index (κ3) is 3.59. The van der Waals surface area contributed by atoms with Crippen molar-refractivity contribution in [3.63, 3.8) is 0 Å². The molecule has 1 saturated carbocycles. The average molecular weight is 302 g/mol. The van der Waals surface area contributed by atoms with Crippen molar-refractivity contribution in [2.24, 2.45) is 5.92 Å². The highest BCUT2D eigenvalue weighted by molar-refractivity contribution is 5.95. The first-order valence-electron chi connectivity index (χ1n) is 7.96. The minimum Gasteiger partial charge on any atom is -0.484 e. The van der Waals surface area contributed by atoms with Crippen molar-refractivity contribution >= 4 is 17.5 Å². The van der Waals surface area contributed by atoms with E-state index in [0.717, 1.165) is 18.7 Å². The average Bonchev–Trinajstić information content (AvgIpc) is 3.28. The third-order valence-corrected chi connectivity index (χ3v) is 4.31. The Morgan fingerprint density at radius 1 is 1.36 bits per heavy atom. The normalized spacial score (nSPS) is 19.1. The molecule has 2 amide bonds. The van der Waals surface area contributed by atoms with E-state index >= 15 is 0 Å². The zero-order valence-electron chi connectivity index (χ0n) is 12.9. The topological polar surface area (TPSA) is 58.6 Å². The van der Waals surface area contributed by atoms with Gasteiger partial charge in [-0.1, -0.05) is 0 Å². The van der Waals surface area contributed by atoms with Crippen LogP contribution in [0.5, 0.6) is 5.75 Å². The van der Waals surface area contributed by atoms with Gasteiger partial charge in [0.1, 0.15) is 5.75 Å². The lowest BCUT2D eigenvalue weighted by atomic mass is 10.2. The summed E-state index contributed by atoms with van der Waals surface area (Å²) in [7, 11) is 0. The van der Waals surface area contributed by atoms with Crippen LogP contribution in [0.2, 0.25) is 0 Å². The highest BCUT2D eigenvalue weighted by Gasteiger charge is 2.28. The van der Waals surface area contributed by atoms with E-state index < -0.39 is 0 Å². The Balaban J connectivity index is 1.48. The number of ether oxygens (including phenoxy) is 1. The van der Waals surface area contributed by atoms with Crippen LogP contribution in [0.1, 0.15) is 32.6 Å². The first kappa shape index (κ1) is 14.9. The maximum Gasteiger partial charge on any atom is 0.258 e. The number of nitrogens with zero attached hydrogens (tertiary/aromatic N) is 1. The van der Waals surface area contributed by atoms with E-state index in [2.05, 4.69) is 5.32 Å². The van der Waals surface area contributed by atoms with E-state index in [1.54, 1.807) is 17.0 Å². The standard InChI is InChI=1S/C17H22N2O3/c1-12(13-4-5-13)18-16(20)11-22-15-8-6-14(7-9-15)19-10-2-3-17(19)21/h6-9,12-13H,2-5,10-11H2,1H3,(H,18,20). The van der Waals surface area contributed by atoms with Gasteiger partial charge in [-0.25, -0.2) is 0 Å². The maximum atomic E-state index is 11.8. The summed E-state index contributed by atoms with van der Waals surface area (Å²) in [6.45, 7) is 2.84. The number of hydrogen-bond donors (Lipinski definition) is 1. The van der Waals surface area contributed by atoms with Crippen LogP contribution in [0.3, 0.4) is 0 Å². The van der Waals surface area contributed by atoms with Crippen molar-refractivity contribution in [1.29, 1.82) is 0 Å². The molecule has 1 heterocycles. The van der Waals surface area contributed by atoms with E-state index in [0.29, 0.717) is 18.1 Å². The summed E-state index contributed by atoms with van der Waals surface area (Å²) in [4.78, 5) is 25.3. The van der Waals surface area contributed by atoms with Crippen molar-refractivity contribution in [3.8, 4) is 5.75 Å². The largest absolute Gasteiger partial charge is 0.484 e. The third-order valence-electron chi connectivity index (χ3n) is 4.31. The van der Waals surface area contributed by atoms with Crippen LogP contribution in [0.25, 0.3) is 0 Å². The Morgan fingerprint density at radius 3 is 2.68 bits per heavy atom. The molecule has 5 heteroatoms. The zero-order valence-corrected chi connectivity index (χ0v) is 12.9. The lowest BCUT2D eigenvalue weighted by Gasteiger charge is -2.16. The Labute approximate surface area is 130 Å². The second-order valence-corrected chi connectivity index (χ2v) is 6.13. The highest BCUT2D eigenvalue weighted by atomic mass is 16.5. The van der Waals surface area contributed by atoms with Gasteiger partial charge in [0, 0.05) is 24.7 Å². The lowest BCUT2D eigenvalue weighted by Crippen LogP contribution is -2.37. The van der Waals surface area contributed by atoms with Gasteiger partial charge in [0.05, 0.1) is 0 Å². The number of nitrogens with one attached hydrogen (secondary N) is 1. The first-order chi connectivity index (χ1) is 10.6. The van der Waals surface area contributed by atoms with Crippen LogP contribution in [-0.2, 0) is 9.59 Å². The summed E-state index contributed by atoms with van der Waals surface area (Å²) in [5.74, 6) is 1.37. The molecule has 1 aliphatic heterocycles. The predicted molar refractivity (Wildman–Crippen MR) is 83.9 cm³/mol. The molecule has 0 radical (unpaired) electrons. The fourth-order valence-electron chi connectivity index (χ4n) is 2.80. The molecule has 22 heavy (non-hydrogen) atoms. The minimum atomic E-state index is -0.0850. The molecule has 118 valence electrons. The molecule has 2 aliphatic rings. The summed E-state index contributed by atoms with van der Waals surface area (Å²) < 4.78 is 5.50. The van der Waals surface area contributed by atoms with E-state index in [-0.39, 0.29) is 24.5 Å². The monoisotopic (exact) mass is 302 g/mol. The number of rotatable bonds is 6. The molecule has 0 bridgehead atoms. The van der Waals surface area contributed by atoms with Crippen molar-refractivity contribution in [2.45, 2.75) is 38.6 Å². The smallest absolute Gasteiger partial charge is 0.258 e. The summed E-state index contributed by atoms with van der Waals surface area (Å²) in [5.41, 5.74) is 0.890. The predicted octanol–water partition coefficient (Wildman–Crippen LogP) is 2.11. The summed E-state index contributed by atoms with van der Waals surface area (Å²) in [5, 5.41) is 2.96. The molecular formula is C17H22N2O3. The van der Waals surface area contributed by atoms with Gasteiger partial charge < -0.3 is 15.0 Å². The summed E-state index contributed by atoms with van der Waals surface area (Å²) in [6, 6.07) is 7.57. The lowest BCUT2D eigenvalue weighted by molar-refractivity contribution is -0.123. The van der Waals surface area contributed by atoms with Crippen LogP contribution in [-0.4, -0.2) is 31.0 Å². The van der Waals surface area contributed by atoms with Gasteiger partial charge in [-0.05, 0) is 56.4 Å². The maximum absolute atomic E-state index is 11.8. The van der Waals surface area contributed by atoms with Gasteiger partial charge in [0.15, 0.2) is 6.61 Å². The molecule has 1 aromatic carbocycles. The molecule has 3 rings (SSSR count). The Morgan fingerprint density at radius 2 is 2.09 bits per heavy atom. The SMILES string of the molecule is CC(NC(=O)COc1ccc(N2CCCC2=O)cc1)C1CC1. The Kier molecular flexibility index (Phi) is 4.32. The molecular weight excluding hydrogens is 280 g/mol. The Bertz CT molecular complexity index is 552. The second kappa shape index (κ2) is 6.38. The van der Waals surface area contributed by atoms with E-state index in [9.17, 15) is 9.59 Å². The van der Waals surface area contributed by atoms with Crippen LogP contribution < -0.4 is 15.0 Å². The molecule has 1 atom stereocenters. The number of amides is 2. The zero-order chi connectivity index (χ0) is 15.5. The van der Waals surface area contributed by atoms with E-state index in [1.165, 1.54) is 12.8 Å². The fraction of sp³-hybridized carbons (Fsp3) is 0.529. The van der Waals surface area contributed by atoms with Crippen LogP contribution >= 0.6 is 0 Å². The van der Waals surface area contributed by atoms with E-state index in [4.69, 9.17) is 4.74 Å². The molecule has 0 aromatic heterocycles. The number of carbonyl (C=O) groups is 2. The number of benzene rings is 1. The molecule has 1 N–H and O–H groups in total. The molecule has 1 aliphatic carbocycles. The van der Waals surface area contributed by atoms with Gasteiger partial charge in [-0.15, -0.1) is 0 Å². The van der Waals surface area contributed by atoms with Gasteiger partial charge in [-0.2, -0.15) is 0 Å². The summed E-state index contributed by atoms with van der Waals surface area (Å²) in [6.07, 6.45) is 3.95. The van der Waals surface area contributed by atoms with Gasteiger partial charge >= 0.3 is 0 Å². The van der Waals surface area contributed by atoms with Crippen LogP contribution in [0.4, 0.5) is 5.69 Å². The number of anilines is 1. The van der Waals surface area contributed by atoms with Crippen molar-refractivity contribution < 1.29 is 14.3 Å². The minimum absolute atomic E-state index is 0.0268. The second-order valence-electron chi connectivity index (χ2n) is 6.13. The molecule has 1 saturated heterocycles. The molecule has 0 spiro atoms. The number of carbonyl (C=O) groups excluding carboxylic acids is 2. The quantitative estimate of drug-likeness (QED) is 0.875. The molecule has 1 aromatic rings. The van der Waals surface area contributed by atoms with Crippen LogP contribution in [0, 0.1) is 5.92 Å².